The Labute approximate surface area is 322 Å². The molecule has 5 heteroatoms. The fraction of sp³-hybridized carbons (Fsp3) is 0.130. The zero-order valence-corrected chi connectivity index (χ0v) is 34.9. The fourth-order valence-electron chi connectivity index (χ4n) is 6.11. The quantitative estimate of drug-likeness (QED) is 0.123. The second-order valence-electron chi connectivity index (χ2n) is 13.9. The third-order valence-corrected chi connectivity index (χ3v) is 14.5. The van der Waals surface area contributed by atoms with E-state index >= 15 is 0 Å². The first-order valence-corrected chi connectivity index (χ1v) is 25.3. The summed E-state index contributed by atoms with van der Waals surface area (Å²) in [6, 6.07) is 53.7. The van der Waals surface area contributed by atoms with E-state index in [2.05, 4.69) is 151 Å². The summed E-state index contributed by atoms with van der Waals surface area (Å²) < 4.78 is 3.99. The molecular weight excluding hydrogens is 877 g/mol. The summed E-state index contributed by atoms with van der Waals surface area (Å²) in [7, 11) is 0. The molecule has 0 N–H and O–H groups in total. The van der Waals surface area contributed by atoms with Crippen molar-refractivity contribution in [1.29, 1.82) is 0 Å². The summed E-state index contributed by atoms with van der Waals surface area (Å²) in [5, 5.41) is 2.56. The van der Waals surface area contributed by atoms with Gasteiger partial charge in [0.05, 0.1) is 0 Å². The zero-order chi connectivity index (χ0) is 34.7. The molecule has 0 atom stereocenters. The molecule has 1 radical (unpaired) electrons. The van der Waals surface area contributed by atoms with Crippen molar-refractivity contribution in [3.63, 3.8) is 0 Å². The van der Waals surface area contributed by atoms with Gasteiger partial charge in [0.25, 0.3) is 0 Å². The molecule has 0 aliphatic rings. The molecule has 0 spiro atoms. The number of rotatable bonds is 6. The maximum Gasteiger partial charge on any atom is 0 e. The largest absolute Gasteiger partial charge is 0 e. The van der Waals surface area contributed by atoms with E-state index in [9.17, 15) is 0 Å². The van der Waals surface area contributed by atoms with Crippen molar-refractivity contribution >= 4 is 49.2 Å². The number of fused-ring (bicyclic) bond motifs is 3. The van der Waals surface area contributed by atoms with Crippen molar-refractivity contribution in [2.24, 2.45) is 0 Å². The minimum Gasteiger partial charge on any atom is 0 e. The average Bonchev–Trinajstić information content (AvgIpc) is 3.54. The van der Waals surface area contributed by atoms with Gasteiger partial charge in [-0.2, -0.15) is 11.3 Å². The van der Waals surface area contributed by atoms with Crippen LogP contribution in [0.15, 0.2) is 146 Å². The third-order valence-electron chi connectivity index (χ3n) is 9.06. The van der Waals surface area contributed by atoms with E-state index in [-0.39, 0.29) is 20.1 Å². The molecule has 8 rings (SSSR count). The first kappa shape index (κ1) is 36.6. The third kappa shape index (κ3) is 8.32. The first-order valence-electron chi connectivity index (χ1n) is 17.2. The molecule has 0 saturated heterocycles. The van der Waals surface area contributed by atoms with Crippen molar-refractivity contribution in [2.75, 3.05) is 0 Å². The number of aromatic nitrogens is 2. The summed E-state index contributed by atoms with van der Waals surface area (Å²) in [6.07, 6.45) is 3.96. The van der Waals surface area contributed by atoms with Gasteiger partial charge in [-0.3, -0.25) is 0 Å². The van der Waals surface area contributed by atoms with Gasteiger partial charge in [-0.15, -0.1) is 23.8 Å². The monoisotopic (exact) mass is 919 g/mol. The Bertz CT molecular complexity index is 2380. The first-order chi connectivity index (χ1) is 24.2. The van der Waals surface area contributed by atoms with Crippen LogP contribution in [0.3, 0.4) is 0 Å². The number of hydrogen-bond acceptors (Lipinski definition) is 3. The van der Waals surface area contributed by atoms with E-state index in [1.165, 1.54) is 52.4 Å². The summed E-state index contributed by atoms with van der Waals surface area (Å²) in [4.78, 5) is 9.22. The zero-order valence-electron chi connectivity index (χ0n) is 29.6. The van der Waals surface area contributed by atoms with Crippen LogP contribution in [-0.2, 0) is 20.1 Å². The van der Waals surface area contributed by atoms with Gasteiger partial charge in [0, 0.05) is 31.0 Å². The second kappa shape index (κ2) is 16.0. The Hall–Kier alpha value is -4.19. The van der Waals surface area contributed by atoms with Gasteiger partial charge >= 0.3 is 99.8 Å². The Morgan fingerprint density at radius 2 is 1.35 bits per heavy atom. The molecule has 0 saturated carbocycles. The van der Waals surface area contributed by atoms with Crippen LogP contribution in [0.1, 0.15) is 25.3 Å². The van der Waals surface area contributed by atoms with Gasteiger partial charge < -0.3 is 4.98 Å². The molecule has 0 unspecified atom stereocenters. The van der Waals surface area contributed by atoms with Gasteiger partial charge in [0.2, 0.25) is 0 Å². The number of hydrogen-bond donors (Lipinski definition) is 0. The molecule has 2 nitrogen and oxygen atoms in total. The molecule has 3 aromatic heterocycles. The molecule has 0 aliphatic heterocycles. The molecule has 0 amide bonds. The van der Waals surface area contributed by atoms with Crippen molar-refractivity contribution < 1.29 is 20.1 Å². The molecule has 5 aromatic carbocycles. The Morgan fingerprint density at radius 1 is 0.608 bits per heavy atom. The maximum absolute atomic E-state index is 4.69. The Kier molecular flexibility index (Phi) is 11.5. The van der Waals surface area contributed by atoms with Crippen LogP contribution in [0.5, 0.6) is 0 Å². The van der Waals surface area contributed by atoms with E-state index in [4.69, 9.17) is 4.98 Å². The smallest absolute Gasteiger partial charge is 0 e. The van der Waals surface area contributed by atoms with Gasteiger partial charge in [-0.25, -0.2) is 0 Å². The molecule has 0 aliphatic carbocycles. The number of pyridine rings is 2. The Morgan fingerprint density at radius 3 is 2.06 bits per heavy atom. The molecule has 8 aromatic rings. The van der Waals surface area contributed by atoms with Crippen LogP contribution in [-0.4, -0.2) is 23.2 Å². The molecule has 255 valence electrons. The molecular formula is C46H40GeIrN2S-2. The maximum atomic E-state index is 4.69. The van der Waals surface area contributed by atoms with Crippen LogP contribution >= 0.6 is 11.3 Å². The van der Waals surface area contributed by atoms with E-state index in [0.717, 1.165) is 22.5 Å². The summed E-state index contributed by atoms with van der Waals surface area (Å²) in [6.45, 7) is 4.44. The average molecular weight is 918 g/mol. The predicted octanol–water partition coefficient (Wildman–Crippen LogP) is 12.5. The van der Waals surface area contributed by atoms with Crippen molar-refractivity contribution in [2.45, 2.75) is 37.0 Å². The fourth-order valence-corrected chi connectivity index (χ4v) is 9.47. The van der Waals surface area contributed by atoms with Crippen LogP contribution in [0.25, 0.3) is 64.9 Å². The van der Waals surface area contributed by atoms with E-state index in [1.807, 2.05) is 54.1 Å². The number of benzene rings is 5. The molecule has 0 fully saturated rings. The standard InChI is InChI=1S/C32H24NS.C14H16GeN.Ir/c1-21(2)23-16-17-33-30(20-23)28-13-7-12-27-29-19-26(14-15-31(29)34-32(27)28)25-11-6-10-24(18-25)22-8-4-3-5-9-22;1-15(2,3)13-9-10-14(16-11-13)12-7-5-4-6-8-12;/h3-12,14-21H,1-2H3;4-7,9-11H,1-3H3;/q2*-1;. The SMILES string of the molecule is CC(C)c1ccnc(-c2[c-]ccc3c2sc2ccc(-c4cccc(-c5ccccc5)c4)cc23)c1.[CH3][Ge]([CH3])([CH3])[c]1ccc(-c2[c-]cccc2)nc1.[Ir]. The number of thiophene rings is 1. The Balaban J connectivity index is 0.000000222. The minimum atomic E-state index is -1.72. The van der Waals surface area contributed by atoms with Crippen molar-refractivity contribution in [3.05, 3.63) is 164 Å². The molecule has 51 heavy (non-hydrogen) atoms. The van der Waals surface area contributed by atoms with E-state index in [1.54, 1.807) is 0 Å². The van der Waals surface area contributed by atoms with Crippen LogP contribution in [0.2, 0.25) is 17.3 Å². The van der Waals surface area contributed by atoms with Gasteiger partial charge in [-0.05, 0) is 68.2 Å². The molecule has 0 bridgehead atoms. The summed E-state index contributed by atoms with van der Waals surface area (Å²) >= 11 is 0.114. The minimum absolute atomic E-state index is 0. The summed E-state index contributed by atoms with van der Waals surface area (Å²) in [5.74, 6) is 7.61. The van der Waals surface area contributed by atoms with Crippen LogP contribution in [0.4, 0.5) is 0 Å². The molecule has 3 heterocycles. The van der Waals surface area contributed by atoms with Crippen LogP contribution < -0.4 is 4.40 Å². The summed E-state index contributed by atoms with van der Waals surface area (Å²) in [5.41, 5.74) is 10.4. The topological polar surface area (TPSA) is 25.8 Å². The number of nitrogens with zero attached hydrogens (tertiary/aromatic N) is 2. The van der Waals surface area contributed by atoms with Gasteiger partial charge in [0.1, 0.15) is 0 Å². The van der Waals surface area contributed by atoms with E-state index in [0.29, 0.717) is 5.92 Å². The van der Waals surface area contributed by atoms with Crippen molar-refractivity contribution in [3.8, 4) is 44.8 Å². The van der Waals surface area contributed by atoms with E-state index < -0.39 is 13.3 Å². The van der Waals surface area contributed by atoms with Crippen LogP contribution in [0, 0.1) is 12.1 Å². The predicted molar refractivity (Wildman–Crippen MR) is 218 cm³/mol. The second-order valence-corrected chi connectivity index (χ2v) is 25.6. The van der Waals surface area contributed by atoms with Gasteiger partial charge in [0.15, 0.2) is 0 Å². The van der Waals surface area contributed by atoms with Gasteiger partial charge in [-0.1, -0.05) is 85.5 Å². The normalized spacial score (nSPS) is 11.3. The van der Waals surface area contributed by atoms with Crippen molar-refractivity contribution in [1.82, 2.24) is 9.97 Å².